The molecule has 222 valence electrons. The molecule has 0 radical (unpaired) electrons. The van der Waals surface area contributed by atoms with E-state index in [1.165, 1.54) is 72.3 Å². The summed E-state index contributed by atoms with van der Waals surface area (Å²) in [6.45, 7) is 4.78. The fraction of sp³-hybridized carbons (Fsp3) is 0.130. The van der Waals surface area contributed by atoms with Crippen molar-refractivity contribution in [3.8, 4) is 33.4 Å². The van der Waals surface area contributed by atoms with Crippen molar-refractivity contribution < 1.29 is 0 Å². The minimum absolute atomic E-state index is 0.100. The number of rotatable bonds is 6. The molecular weight excluding hydrogens is 553 g/mol. The Morgan fingerprint density at radius 3 is 1.57 bits per heavy atom. The Morgan fingerprint density at radius 1 is 0.457 bits per heavy atom. The lowest BCUT2D eigenvalue weighted by atomic mass is 9.78. The van der Waals surface area contributed by atoms with Crippen LogP contribution in [0.2, 0.25) is 0 Å². The highest BCUT2D eigenvalue weighted by molar-refractivity contribution is 5.84. The molecule has 6 aromatic rings. The van der Waals surface area contributed by atoms with Crippen LogP contribution in [-0.2, 0) is 5.41 Å². The van der Waals surface area contributed by atoms with Gasteiger partial charge in [0.2, 0.25) is 0 Å². The summed E-state index contributed by atoms with van der Waals surface area (Å²) in [6.07, 6.45) is 9.16. The average Bonchev–Trinajstić information content (AvgIpc) is 3.35. The first-order valence-electron chi connectivity index (χ1n) is 16.5. The van der Waals surface area contributed by atoms with Gasteiger partial charge >= 0.3 is 0 Å². The van der Waals surface area contributed by atoms with Crippen LogP contribution in [0.3, 0.4) is 0 Å². The number of fused-ring (bicyclic) bond motifs is 3. The first-order valence-corrected chi connectivity index (χ1v) is 16.5. The smallest absolute Gasteiger partial charge is 0.0340 e. The summed E-state index contributed by atoms with van der Waals surface area (Å²) in [5, 5.41) is 0. The van der Waals surface area contributed by atoms with Crippen molar-refractivity contribution in [3.05, 3.63) is 197 Å². The Labute approximate surface area is 273 Å². The van der Waals surface area contributed by atoms with E-state index in [2.05, 4.69) is 178 Å². The number of hydrogen-bond acceptors (Lipinski definition) is 0. The maximum absolute atomic E-state index is 2.49. The van der Waals surface area contributed by atoms with E-state index in [4.69, 9.17) is 0 Å². The third-order valence-electron chi connectivity index (χ3n) is 10.1. The fourth-order valence-corrected chi connectivity index (χ4v) is 7.52. The lowest BCUT2D eigenvalue weighted by Crippen LogP contribution is -2.16. The van der Waals surface area contributed by atoms with Crippen LogP contribution in [-0.4, -0.2) is 0 Å². The van der Waals surface area contributed by atoms with Crippen LogP contribution in [0, 0.1) is 0 Å². The number of allylic oxidation sites excluding steroid dienone is 4. The molecule has 0 N–H and O–H groups in total. The second-order valence-electron chi connectivity index (χ2n) is 13.2. The molecule has 0 saturated carbocycles. The van der Waals surface area contributed by atoms with Gasteiger partial charge in [0.05, 0.1) is 0 Å². The average molecular weight is 591 g/mol. The normalized spacial score (nSPS) is 15.1. The third-order valence-corrected chi connectivity index (χ3v) is 10.1. The zero-order valence-electron chi connectivity index (χ0n) is 26.6. The van der Waals surface area contributed by atoms with Crippen LogP contribution < -0.4 is 0 Å². The number of benzene rings is 6. The first kappa shape index (κ1) is 28.3. The van der Waals surface area contributed by atoms with E-state index in [1.807, 2.05) is 0 Å². The van der Waals surface area contributed by atoms with Gasteiger partial charge in [0.25, 0.3) is 0 Å². The molecule has 1 unspecified atom stereocenters. The van der Waals surface area contributed by atoms with Gasteiger partial charge in [-0.3, -0.25) is 0 Å². The highest BCUT2D eigenvalue weighted by Crippen LogP contribution is 2.51. The highest BCUT2D eigenvalue weighted by Gasteiger charge is 2.36. The predicted molar refractivity (Wildman–Crippen MR) is 195 cm³/mol. The SMILES string of the molecule is CC1(C)c2cc(-c3ccccc3)ccc2-c2ccc(C(c3ccc(C4=CCCC=C4)cc3)c3ccc(-c4ccccc4)cc3)cc21. The third kappa shape index (κ3) is 5.05. The van der Waals surface area contributed by atoms with Gasteiger partial charge < -0.3 is 0 Å². The molecule has 1 atom stereocenters. The fourth-order valence-electron chi connectivity index (χ4n) is 7.52. The zero-order valence-corrected chi connectivity index (χ0v) is 26.6. The summed E-state index contributed by atoms with van der Waals surface area (Å²) >= 11 is 0. The van der Waals surface area contributed by atoms with E-state index >= 15 is 0 Å². The molecule has 2 aliphatic rings. The van der Waals surface area contributed by atoms with Gasteiger partial charge in [-0.2, -0.15) is 0 Å². The van der Waals surface area contributed by atoms with Crippen molar-refractivity contribution in [3.63, 3.8) is 0 Å². The Hall–Kier alpha value is -5.20. The molecule has 0 aromatic heterocycles. The molecule has 0 nitrogen and oxygen atoms in total. The van der Waals surface area contributed by atoms with Crippen LogP contribution >= 0.6 is 0 Å². The maximum Gasteiger partial charge on any atom is 0.0340 e. The Kier molecular flexibility index (Phi) is 7.15. The van der Waals surface area contributed by atoms with E-state index in [-0.39, 0.29) is 11.3 Å². The van der Waals surface area contributed by atoms with E-state index in [0.717, 1.165) is 12.8 Å². The van der Waals surface area contributed by atoms with E-state index in [1.54, 1.807) is 0 Å². The molecule has 2 aliphatic carbocycles. The van der Waals surface area contributed by atoms with Crippen LogP contribution in [0.5, 0.6) is 0 Å². The zero-order chi connectivity index (χ0) is 31.1. The topological polar surface area (TPSA) is 0 Å². The molecule has 0 spiro atoms. The van der Waals surface area contributed by atoms with Crippen LogP contribution in [0.15, 0.2) is 164 Å². The van der Waals surface area contributed by atoms with E-state index in [9.17, 15) is 0 Å². The van der Waals surface area contributed by atoms with Crippen LogP contribution in [0.4, 0.5) is 0 Å². The summed E-state index contributed by atoms with van der Waals surface area (Å²) in [7, 11) is 0. The second-order valence-corrected chi connectivity index (χ2v) is 13.2. The summed E-state index contributed by atoms with van der Waals surface area (Å²) in [4.78, 5) is 0. The van der Waals surface area contributed by atoms with Gasteiger partial charge in [0.15, 0.2) is 0 Å². The summed E-state index contributed by atoms with van der Waals surface area (Å²) in [6, 6.07) is 54.2. The molecule has 8 rings (SSSR count). The van der Waals surface area contributed by atoms with Gasteiger partial charge in [-0.15, -0.1) is 0 Å². The largest absolute Gasteiger partial charge is 0.0836 e. The molecule has 0 amide bonds. The maximum atomic E-state index is 2.49. The molecule has 6 aromatic carbocycles. The quantitative estimate of drug-likeness (QED) is 0.169. The van der Waals surface area contributed by atoms with Crippen molar-refractivity contribution in [2.45, 2.75) is 38.0 Å². The molecule has 0 heterocycles. The van der Waals surface area contributed by atoms with Crippen molar-refractivity contribution >= 4 is 5.57 Å². The standard InChI is InChI=1S/C46H38/c1-46(2)43-30-39(34-16-10-5-11-17-34)26-28-41(43)42-29-27-40(31-44(42)46)45(37-22-18-35(19-23-37)32-12-6-3-7-13-32)38-24-20-36(21-25-38)33-14-8-4-9-15-33/h3,5-8,10-31,45H,4,9H2,1-2H3. The highest BCUT2D eigenvalue weighted by atomic mass is 14.4. The minimum Gasteiger partial charge on any atom is -0.0836 e. The lowest BCUT2D eigenvalue weighted by molar-refractivity contribution is 0.659. The van der Waals surface area contributed by atoms with Gasteiger partial charge in [-0.1, -0.05) is 172 Å². The van der Waals surface area contributed by atoms with Crippen LogP contribution in [0.25, 0.3) is 39.0 Å². The van der Waals surface area contributed by atoms with Crippen molar-refractivity contribution in [2.24, 2.45) is 0 Å². The molecule has 0 saturated heterocycles. The molecule has 0 aliphatic heterocycles. The predicted octanol–water partition coefficient (Wildman–Crippen LogP) is 12.2. The Morgan fingerprint density at radius 2 is 0.957 bits per heavy atom. The van der Waals surface area contributed by atoms with E-state index in [0.29, 0.717) is 0 Å². The van der Waals surface area contributed by atoms with Gasteiger partial charge in [0.1, 0.15) is 0 Å². The first-order chi connectivity index (χ1) is 22.6. The summed E-state index contributed by atoms with van der Waals surface area (Å²) in [5.41, 5.74) is 17.0. The van der Waals surface area contributed by atoms with Crippen molar-refractivity contribution in [1.82, 2.24) is 0 Å². The molecular formula is C46H38. The Balaban J connectivity index is 1.21. The van der Waals surface area contributed by atoms with Crippen LogP contribution in [0.1, 0.15) is 66.0 Å². The van der Waals surface area contributed by atoms with Crippen molar-refractivity contribution in [1.29, 1.82) is 0 Å². The minimum atomic E-state index is -0.100. The van der Waals surface area contributed by atoms with Crippen molar-refractivity contribution in [2.75, 3.05) is 0 Å². The second kappa shape index (κ2) is 11.6. The Bertz CT molecular complexity index is 2070. The molecule has 46 heavy (non-hydrogen) atoms. The van der Waals surface area contributed by atoms with Gasteiger partial charge in [-0.05, 0) is 91.2 Å². The summed E-state index contributed by atoms with van der Waals surface area (Å²) in [5.74, 6) is 0.124. The van der Waals surface area contributed by atoms with Gasteiger partial charge in [-0.25, -0.2) is 0 Å². The molecule has 0 bridgehead atoms. The molecule has 0 heteroatoms. The number of hydrogen-bond donors (Lipinski definition) is 0. The van der Waals surface area contributed by atoms with E-state index < -0.39 is 0 Å². The monoisotopic (exact) mass is 590 g/mol. The van der Waals surface area contributed by atoms with Gasteiger partial charge in [0, 0.05) is 11.3 Å². The summed E-state index contributed by atoms with van der Waals surface area (Å²) < 4.78 is 0. The lowest BCUT2D eigenvalue weighted by Gasteiger charge is -2.25. The molecule has 0 fully saturated rings.